The zero-order chi connectivity index (χ0) is 8.27. The van der Waals surface area contributed by atoms with E-state index >= 15 is 0 Å². The zero-order valence-corrected chi connectivity index (χ0v) is 8.35. The summed E-state index contributed by atoms with van der Waals surface area (Å²) < 4.78 is 1.01. The highest BCUT2D eigenvalue weighted by molar-refractivity contribution is 9.10. The van der Waals surface area contributed by atoms with Crippen LogP contribution in [0.4, 0.5) is 0 Å². The van der Waals surface area contributed by atoms with Gasteiger partial charge in [0.25, 0.3) is 0 Å². The number of hydrogen-bond acceptors (Lipinski definition) is 2. The molecule has 11 heavy (non-hydrogen) atoms. The second-order valence-electron chi connectivity index (χ2n) is 2.29. The van der Waals surface area contributed by atoms with Crippen LogP contribution in [0.5, 0.6) is 0 Å². The van der Waals surface area contributed by atoms with Crippen molar-refractivity contribution in [2.45, 2.75) is 26.7 Å². The van der Waals surface area contributed by atoms with Gasteiger partial charge < -0.3 is 0 Å². The van der Waals surface area contributed by atoms with Crippen molar-refractivity contribution >= 4 is 15.9 Å². The molecule has 0 aliphatic carbocycles. The third-order valence-corrected chi connectivity index (χ3v) is 2.18. The van der Waals surface area contributed by atoms with Crippen LogP contribution in [0.25, 0.3) is 0 Å². The van der Waals surface area contributed by atoms with Crippen molar-refractivity contribution in [1.82, 2.24) is 9.97 Å². The van der Waals surface area contributed by atoms with Crippen LogP contribution >= 0.6 is 15.9 Å². The molecule has 3 heteroatoms. The molecule has 0 aliphatic rings. The average Bonchev–Trinajstić information content (AvgIpc) is 2.05. The van der Waals surface area contributed by atoms with E-state index in [4.69, 9.17) is 0 Å². The molecule has 0 bridgehead atoms. The first-order valence-corrected chi connectivity index (χ1v) is 4.57. The Balaban J connectivity index is 3.02. The Morgan fingerprint density at radius 2 is 2.09 bits per heavy atom. The number of aryl methyl sites for hydroxylation is 2. The summed E-state index contributed by atoms with van der Waals surface area (Å²) in [5.41, 5.74) is 1.09. The monoisotopic (exact) mass is 214 g/mol. The number of rotatable bonds is 2. The molecule has 1 rings (SSSR count). The molecule has 0 saturated heterocycles. The Kier molecular flexibility index (Phi) is 3.00. The Bertz CT molecular complexity index is 248. The summed E-state index contributed by atoms with van der Waals surface area (Å²) in [6.45, 7) is 4.15. The lowest BCUT2D eigenvalue weighted by Gasteiger charge is -2.00. The minimum Gasteiger partial charge on any atom is -0.240 e. The van der Waals surface area contributed by atoms with Crippen LogP contribution < -0.4 is 0 Å². The van der Waals surface area contributed by atoms with E-state index in [1.54, 1.807) is 0 Å². The van der Waals surface area contributed by atoms with Gasteiger partial charge in [-0.1, -0.05) is 13.8 Å². The maximum Gasteiger partial charge on any atom is 0.128 e. The molecule has 0 aliphatic heterocycles. The fraction of sp³-hybridized carbons (Fsp3) is 0.500. The Morgan fingerprint density at radius 1 is 1.36 bits per heavy atom. The summed E-state index contributed by atoms with van der Waals surface area (Å²) in [6.07, 6.45) is 3.68. The first-order valence-electron chi connectivity index (χ1n) is 3.78. The predicted molar refractivity (Wildman–Crippen MR) is 48.5 cm³/mol. The van der Waals surface area contributed by atoms with E-state index in [9.17, 15) is 0 Å². The summed E-state index contributed by atoms with van der Waals surface area (Å²) >= 11 is 3.39. The number of halogens is 1. The van der Waals surface area contributed by atoms with Crippen LogP contribution in [0, 0.1) is 0 Å². The molecule has 1 heterocycles. The van der Waals surface area contributed by atoms with Gasteiger partial charge in [0, 0.05) is 12.6 Å². The van der Waals surface area contributed by atoms with E-state index in [1.165, 1.54) is 0 Å². The molecule has 0 atom stereocenters. The number of aromatic nitrogens is 2. The SMILES string of the molecule is CCc1ncc(Br)c(CC)n1. The van der Waals surface area contributed by atoms with Crippen molar-refractivity contribution < 1.29 is 0 Å². The average molecular weight is 215 g/mol. The van der Waals surface area contributed by atoms with Crippen molar-refractivity contribution in [2.24, 2.45) is 0 Å². The van der Waals surface area contributed by atoms with Crippen molar-refractivity contribution in [2.75, 3.05) is 0 Å². The van der Waals surface area contributed by atoms with Crippen LogP contribution in [-0.2, 0) is 12.8 Å². The number of nitrogens with zero attached hydrogens (tertiary/aromatic N) is 2. The van der Waals surface area contributed by atoms with Gasteiger partial charge in [0.05, 0.1) is 10.2 Å². The molecule has 0 aromatic carbocycles. The summed E-state index contributed by atoms with van der Waals surface area (Å²) in [6, 6.07) is 0. The summed E-state index contributed by atoms with van der Waals surface area (Å²) in [5.74, 6) is 0.921. The summed E-state index contributed by atoms with van der Waals surface area (Å²) in [4.78, 5) is 8.50. The van der Waals surface area contributed by atoms with E-state index < -0.39 is 0 Å². The lowest BCUT2D eigenvalue weighted by molar-refractivity contribution is 0.879. The Hall–Kier alpha value is -0.440. The molecule has 2 nitrogen and oxygen atoms in total. The molecule has 0 unspecified atom stereocenters. The van der Waals surface area contributed by atoms with Gasteiger partial charge in [-0.05, 0) is 22.4 Å². The molecule has 0 spiro atoms. The molecule has 0 radical (unpaired) electrons. The Labute approximate surface area is 75.2 Å². The smallest absolute Gasteiger partial charge is 0.128 e. The van der Waals surface area contributed by atoms with E-state index in [1.807, 2.05) is 6.20 Å². The predicted octanol–water partition coefficient (Wildman–Crippen LogP) is 2.36. The van der Waals surface area contributed by atoms with Crippen LogP contribution in [0.2, 0.25) is 0 Å². The minimum absolute atomic E-state index is 0.903. The standard InChI is InChI=1S/C8H11BrN2/c1-3-7-6(9)5-10-8(4-2)11-7/h5H,3-4H2,1-2H3. The van der Waals surface area contributed by atoms with Crippen molar-refractivity contribution in [3.63, 3.8) is 0 Å². The van der Waals surface area contributed by atoms with Gasteiger partial charge in [0.15, 0.2) is 0 Å². The van der Waals surface area contributed by atoms with Crippen molar-refractivity contribution in [1.29, 1.82) is 0 Å². The van der Waals surface area contributed by atoms with E-state index in [-0.39, 0.29) is 0 Å². The fourth-order valence-electron chi connectivity index (χ4n) is 0.862. The zero-order valence-electron chi connectivity index (χ0n) is 6.76. The second-order valence-corrected chi connectivity index (χ2v) is 3.14. The fourth-order valence-corrected chi connectivity index (χ4v) is 1.33. The maximum absolute atomic E-state index is 4.35. The van der Waals surface area contributed by atoms with E-state index in [0.29, 0.717) is 0 Å². The van der Waals surface area contributed by atoms with Crippen molar-refractivity contribution in [3.8, 4) is 0 Å². The van der Waals surface area contributed by atoms with Gasteiger partial charge in [-0.3, -0.25) is 0 Å². The first-order chi connectivity index (χ1) is 5.27. The van der Waals surface area contributed by atoms with Crippen LogP contribution in [0.15, 0.2) is 10.7 Å². The van der Waals surface area contributed by atoms with E-state index in [0.717, 1.165) is 28.8 Å². The van der Waals surface area contributed by atoms with Gasteiger partial charge in [-0.25, -0.2) is 9.97 Å². The molecule has 0 saturated carbocycles. The molecule has 0 amide bonds. The van der Waals surface area contributed by atoms with Gasteiger partial charge in [-0.15, -0.1) is 0 Å². The molecule has 1 aromatic rings. The lowest BCUT2D eigenvalue weighted by atomic mass is 10.3. The normalized spacial score (nSPS) is 10.1. The van der Waals surface area contributed by atoms with Gasteiger partial charge >= 0.3 is 0 Å². The van der Waals surface area contributed by atoms with Crippen molar-refractivity contribution in [3.05, 3.63) is 22.2 Å². The van der Waals surface area contributed by atoms with Gasteiger partial charge in [0.1, 0.15) is 5.82 Å². The van der Waals surface area contributed by atoms with Crippen LogP contribution in [0.3, 0.4) is 0 Å². The number of hydrogen-bond donors (Lipinski definition) is 0. The highest BCUT2D eigenvalue weighted by Crippen LogP contribution is 2.13. The quantitative estimate of drug-likeness (QED) is 0.756. The first kappa shape index (κ1) is 8.65. The highest BCUT2D eigenvalue weighted by atomic mass is 79.9. The van der Waals surface area contributed by atoms with E-state index in [2.05, 4.69) is 39.7 Å². The molecule has 1 aromatic heterocycles. The molecule has 0 fully saturated rings. The third-order valence-electron chi connectivity index (χ3n) is 1.52. The largest absolute Gasteiger partial charge is 0.240 e. The van der Waals surface area contributed by atoms with Gasteiger partial charge in [-0.2, -0.15) is 0 Å². The second kappa shape index (κ2) is 3.81. The molecular weight excluding hydrogens is 204 g/mol. The Morgan fingerprint density at radius 3 is 2.64 bits per heavy atom. The highest BCUT2D eigenvalue weighted by Gasteiger charge is 2.00. The lowest BCUT2D eigenvalue weighted by Crippen LogP contribution is -1.97. The summed E-state index contributed by atoms with van der Waals surface area (Å²) in [5, 5.41) is 0. The van der Waals surface area contributed by atoms with Crippen LogP contribution in [0.1, 0.15) is 25.4 Å². The van der Waals surface area contributed by atoms with Gasteiger partial charge in [0.2, 0.25) is 0 Å². The molecule has 60 valence electrons. The minimum atomic E-state index is 0.903. The molecule has 0 N–H and O–H groups in total. The third kappa shape index (κ3) is 1.99. The summed E-state index contributed by atoms with van der Waals surface area (Å²) in [7, 11) is 0. The topological polar surface area (TPSA) is 25.8 Å². The molecular formula is C8H11BrN2. The maximum atomic E-state index is 4.35. The van der Waals surface area contributed by atoms with Crippen LogP contribution in [-0.4, -0.2) is 9.97 Å².